The van der Waals surface area contributed by atoms with Crippen LogP contribution in [-0.4, -0.2) is 38.4 Å². The minimum absolute atomic E-state index is 0.268. The molecule has 1 spiro atoms. The molecule has 0 bridgehead atoms. The summed E-state index contributed by atoms with van der Waals surface area (Å²) in [7, 11) is 1.67. The first kappa shape index (κ1) is 13.9. The normalized spacial score (nSPS) is 18.7. The lowest BCUT2D eigenvalue weighted by molar-refractivity contribution is 0.0330. The Kier molecular flexibility index (Phi) is 3.15. The second kappa shape index (κ2) is 5.19. The van der Waals surface area contributed by atoms with E-state index < -0.39 is 5.60 Å². The van der Waals surface area contributed by atoms with Crippen LogP contribution in [0.1, 0.15) is 0 Å². The van der Waals surface area contributed by atoms with Gasteiger partial charge in [-0.05, 0) is 24.3 Å². The third kappa shape index (κ3) is 2.29. The predicted octanol–water partition coefficient (Wildman–Crippen LogP) is 2.91. The highest BCUT2D eigenvalue weighted by Crippen LogP contribution is 2.40. The van der Waals surface area contributed by atoms with Gasteiger partial charge in [0.15, 0.2) is 5.60 Å². The number of carbonyl (C=O) groups excluding carboxylic acids is 1. The SMILES string of the molecule is COc1ccccc1N1CC2(C1)CN(c1ccccc1)C(=O)O2. The number of methoxy groups -OCH3 is 1. The van der Waals surface area contributed by atoms with Gasteiger partial charge in [0.1, 0.15) is 5.75 Å². The highest BCUT2D eigenvalue weighted by atomic mass is 16.6. The van der Waals surface area contributed by atoms with Crippen LogP contribution in [0.15, 0.2) is 54.6 Å². The van der Waals surface area contributed by atoms with Crippen LogP contribution < -0.4 is 14.5 Å². The quantitative estimate of drug-likeness (QED) is 0.874. The lowest BCUT2D eigenvalue weighted by Crippen LogP contribution is -2.64. The summed E-state index contributed by atoms with van der Waals surface area (Å²) in [5, 5.41) is 0. The van der Waals surface area contributed by atoms with Crippen LogP contribution in [0.3, 0.4) is 0 Å². The maximum Gasteiger partial charge on any atom is 0.415 e. The van der Waals surface area contributed by atoms with Crippen molar-refractivity contribution in [2.75, 3.05) is 36.5 Å². The maximum absolute atomic E-state index is 12.2. The van der Waals surface area contributed by atoms with E-state index in [1.807, 2.05) is 54.6 Å². The molecule has 5 heteroatoms. The largest absolute Gasteiger partial charge is 0.495 e. The maximum atomic E-state index is 12.2. The molecular formula is C18H18N2O3. The summed E-state index contributed by atoms with van der Waals surface area (Å²) >= 11 is 0. The average Bonchev–Trinajstić information content (AvgIpc) is 2.92. The van der Waals surface area contributed by atoms with E-state index in [1.54, 1.807) is 12.0 Å². The Morgan fingerprint density at radius 2 is 1.70 bits per heavy atom. The Morgan fingerprint density at radius 1 is 1.00 bits per heavy atom. The Morgan fingerprint density at radius 3 is 2.43 bits per heavy atom. The molecule has 0 aliphatic carbocycles. The van der Waals surface area contributed by atoms with Crippen LogP contribution in [0, 0.1) is 0 Å². The van der Waals surface area contributed by atoms with Crippen LogP contribution in [0.2, 0.25) is 0 Å². The average molecular weight is 310 g/mol. The number of carbonyl (C=O) groups is 1. The summed E-state index contributed by atoms with van der Waals surface area (Å²) in [4.78, 5) is 16.1. The van der Waals surface area contributed by atoms with Gasteiger partial charge in [0.25, 0.3) is 0 Å². The Labute approximate surface area is 135 Å². The van der Waals surface area contributed by atoms with E-state index in [2.05, 4.69) is 4.90 Å². The minimum Gasteiger partial charge on any atom is -0.495 e. The zero-order chi connectivity index (χ0) is 15.9. The summed E-state index contributed by atoms with van der Waals surface area (Å²) in [6.07, 6.45) is -0.268. The molecule has 2 heterocycles. The fraction of sp³-hybridized carbons (Fsp3) is 0.278. The minimum atomic E-state index is -0.423. The topological polar surface area (TPSA) is 42.0 Å². The van der Waals surface area contributed by atoms with E-state index in [-0.39, 0.29) is 6.09 Å². The van der Waals surface area contributed by atoms with Crippen molar-refractivity contribution in [3.05, 3.63) is 54.6 Å². The van der Waals surface area contributed by atoms with Crippen molar-refractivity contribution in [1.29, 1.82) is 0 Å². The van der Waals surface area contributed by atoms with Gasteiger partial charge in [-0.2, -0.15) is 0 Å². The smallest absolute Gasteiger partial charge is 0.415 e. The number of nitrogens with zero attached hydrogens (tertiary/aromatic N) is 2. The van der Waals surface area contributed by atoms with Gasteiger partial charge in [-0.3, -0.25) is 4.90 Å². The molecule has 2 aromatic rings. The van der Waals surface area contributed by atoms with E-state index in [0.717, 1.165) is 17.1 Å². The molecule has 118 valence electrons. The number of anilines is 2. The summed E-state index contributed by atoms with van der Waals surface area (Å²) in [6, 6.07) is 17.5. The van der Waals surface area contributed by atoms with Gasteiger partial charge >= 0.3 is 6.09 Å². The number of hydrogen-bond donors (Lipinski definition) is 0. The molecule has 0 N–H and O–H groups in total. The van der Waals surface area contributed by atoms with E-state index >= 15 is 0 Å². The number of benzene rings is 2. The van der Waals surface area contributed by atoms with Gasteiger partial charge in [-0.1, -0.05) is 30.3 Å². The first-order valence-corrected chi connectivity index (χ1v) is 7.64. The summed E-state index contributed by atoms with van der Waals surface area (Å²) in [5.74, 6) is 0.839. The summed E-state index contributed by atoms with van der Waals surface area (Å²) in [5.41, 5.74) is 1.49. The molecule has 0 radical (unpaired) electrons. The molecule has 2 saturated heterocycles. The van der Waals surface area contributed by atoms with Crippen molar-refractivity contribution >= 4 is 17.5 Å². The Hall–Kier alpha value is -2.69. The van der Waals surface area contributed by atoms with E-state index in [0.29, 0.717) is 19.6 Å². The van der Waals surface area contributed by atoms with Crippen molar-refractivity contribution in [3.63, 3.8) is 0 Å². The fourth-order valence-corrected chi connectivity index (χ4v) is 3.31. The number of ether oxygens (including phenoxy) is 2. The molecule has 5 nitrogen and oxygen atoms in total. The molecule has 0 unspecified atom stereocenters. The first-order valence-electron chi connectivity index (χ1n) is 7.64. The predicted molar refractivity (Wildman–Crippen MR) is 88.2 cm³/mol. The lowest BCUT2D eigenvalue weighted by Gasteiger charge is -2.47. The third-order valence-electron chi connectivity index (χ3n) is 4.42. The molecule has 23 heavy (non-hydrogen) atoms. The van der Waals surface area contributed by atoms with Gasteiger partial charge in [0.2, 0.25) is 0 Å². The zero-order valence-electron chi connectivity index (χ0n) is 12.9. The highest BCUT2D eigenvalue weighted by Gasteiger charge is 2.54. The Balaban J connectivity index is 1.50. The van der Waals surface area contributed by atoms with Crippen LogP contribution in [-0.2, 0) is 4.74 Å². The van der Waals surface area contributed by atoms with Crippen molar-refractivity contribution in [1.82, 2.24) is 0 Å². The second-order valence-corrected chi connectivity index (χ2v) is 6.00. The molecule has 2 aromatic carbocycles. The fourth-order valence-electron chi connectivity index (χ4n) is 3.31. The molecule has 4 rings (SSSR count). The van der Waals surface area contributed by atoms with Crippen LogP contribution in [0.25, 0.3) is 0 Å². The van der Waals surface area contributed by atoms with Crippen molar-refractivity contribution in [2.45, 2.75) is 5.60 Å². The van der Waals surface area contributed by atoms with Gasteiger partial charge in [-0.15, -0.1) is 0 Å². The highest BCUT2D eigenvalue weighted by molar-refractivity contribution is 5.90. The number of amides is 1. The van der Waals surface area contributed by atoms with Crippen LogP contribution in [0.5, 0.6) is 5.75 Å². The van der Waals surface area contributed by atoms with Gasteiger partial charge in [-0.25, -0.2) is 4.79 Å². The summed E-state index contributed by atoms with van der Waals surface area (Å²) in [6.45, 7) is 1.95. The lowest BCUT2D eigenvalue weighted by atomic mass is 9.93. The number of hydrogen-bond acceptors (Lipinski definition) is 4. The molecule has 2 fully saturated rings. The van der Waals surface area contributed by atoms with Gasteiger partial charge < -0.3 is 14.4 Å². The van der Waals surface area contributed by atoms with Gasteiger partial charge in [0, 0.05) is 5.69 Å². The van der Waals surface area contributed by atoms with E-state index in [9.17, 15) is 4.79 Å². The molecule has 1 amide bonds. The molecule has 2 aliphatic rings. The third-order valence-corrected chi connectivity index (χ3v) is 4.42. The monoisotopic (exact) mass is 310 g/mol. The Bertz CT molecular complexity index is 726. The van der Waals surface area contributed by atoms with Crippen molar-refractivity contribution in [2.24, 2.45) is 0 Å². The molecule has 0 saturated carbocycles. The van der Waals surface area contributed by atoms with Crippen LogP contribution in [0.4, 0.5) is 16.2 Å². The zero-order valence-corrected chi connectivity index (χ0v) is 12.9. The molecule has 0 atom stereocenters. The van der Waals surface area contributed by atoms with E-state index in [4.69, 9.17) is 9.47 Å². The number of para-hydroxylation sites is 3. The van der Waals surface area contributed by atoms with E-state index in [1.165, 1.54) is 0 Å². The van der Waals surface area contributed by atoms with Gasteiger partial charge in [0.05, 0.1) is 32.4 Å². The molecule has 2 aliphatic heterocycles. The van der Waals surface area contributed by atoms with Crippen molar-refractivity contribution < 1.29 is 14.3 Å². The standard InChI is InChI=1S/C18H18N2O3/c1-22-16-10-6-5-9-15(16)19-11-18(12-19)13-20(17(21)23-18)14-7-3-2-4-8-14/h2-10H,11-13H2,1H3. The number of rotatable bonds is 3. The molecule has 0 aromatic heterocycles. The van der Waals surface area contributed by atoms with Crippen LogP contribution >= 0.6 is 0 Å². The first-order chi connectivity index (χ1) is 11.2. The van der Waals surface area contributed by atoms with Crippen molar-refractivity contribution in [3.8, 4) is 5.75 Å². The second-order valence-electron chi connectivity index (χ2n) is 6.00. The summed E-state index contributed by atoms with van der Waals surface area (Å²) < 4.78 is 11.1. The molecular weight excluding hydrogens is 292 g/mol.